The maximum absolute atomic E-state index is 13.1. The van der Waals surface area contributed by atoms with Gasteiger partial charge in [-0.2, -0.15) is 0 Å². The second-order valence-electron chi connectivity index (χ2n) is 7.43. The lowest BCUT2D eigenvalue weighted by atomic mass is 10.2. The van der Waals surface area contributed by atoms with E-state index >= 15 is 0 Å². The zero-order valence-electron chi connectivity index (χ0n) is 18.0. The van der Waals surface area contributed by atoms with Gasteiger partial charge >= 0.3 is 0 Å². The van der Waals surface area contributed by atoms with Gasteiger partial charge in [-0.3, -0.25) is 18.6 Å². The van der Waals surface area contributed by atoms with Gasteiger partial charge in [0, 0.05) is 7.05 Å². The number of nitrogens with zero attached hydrogens (tertiary/aromatic N) is 3. The number of carbonyl (C=O) groups is 1. The lowest BCUT2D eigenvalue weighted by Crippen LogP contribution is -2.49. The third-order valence-corrected chi connectivity index (χ3v) is 7.28. The van der Waals surface area contributed by atoms with Crippen LogP contribution in [0.25, 0.3) is 5.69 Å². The first kappa shape index (κ1) is 21.7. The van der Waals surface area contributed by atoms with Crippen LogP contribution in [0.5, 0.6) is 5.75 Å². The molecule has 9 nitrogen and oxygen atoms in total. The van der Waals surface area contributed by atoms with Crippen LogP contribution >= 0.6 is 0 Å². The monoisotopic (exact) mass is 456 g/mol. The Hall–Kier alpha value is -3.53. The van der Waals surface area contributed by atoms with Crippen molar-refractivity contribution in [3.8, 4) is 11.4 Å². The van der Waals surface area contributed by atoms with Crippen molar-refractivity contribution in [2.75, 3.05) is 21.9 Å². The van der Waals surface area contributed by atoms with Gasteiger partial charge in [-0.05, 0) is 38.1 Å². The largest absolute Gasteiger partial charge is 0.476 e. The van der Waals surface area contributed by atoms with Gasteiger partial charge < -0.3 is 10.1 Å². The van der Waals surface area contributed by atoms with Crippen molar-refractivity contribution >= 4 is 27.3 Å². The molecule has 10 heteroatoms. The third kappa shape index (κ3) is 3.66. The van der Waals surface area contributed by atoms with Crippen molar-refractivity contribution in [1.82, 2.24) is 9.36 Å². The molecule has 3 aromatic rings. The summed E-state index contributed by atoms with van der Waals surface area (Å²) in [6.45, 7) is 3.08. The normalized spacial score (nSPS) is 15.7. The molecule has 1 N–H and O–H groups in total. The van der Waals surface area contributed by atoms with Crippen molar-refractivity contribution in [3.05, 3.63) is 70.6 Å². The summed E-state index contributed by atoms with van der Waals surface area (Å²) in [7, 11) is -1.90. The van der Waals surface area contributed by atoms with E-state index in [-0.39, 0.29) is 18.0 Å². The smallest absolute Gasteiger partial charge is 0.295 e. The van der Waals surface area contributed by atoms with E-state index in [9.17, 15) is 18.0 Å². The summed E-state index contributed by atoms with van der Waals surface area (Å²) < 4.78 is 35.4. The molecule has 2 heterocycles. The van der Waals surface area contributed by atoms with Crippen molar-refractivity contribution < 1.29 is 17.9 Å². The van der Waals surface area contributed by atoms with Gasteiger partial charge in [0.25, 0.3) is 11.5 Å². The number of sulfonamides is 1. The molecule has 1 aliphatic heterocycles. The number of ether oxygens (including phenoxy) is 1. The molecule has 0 spiro atoms. The summed E-state index contributed by atoms with van der Waals surface area (Å²) in [4.78, 5) is 26.2. The Morgan fingerprint density at radius 3 is 2.47 bits per heavy atom. The Balaban J connectivity index is 1.66. The van der Waals surface area contributed by atoms with Crippen molar-refractivity contribution in [2.45, 2.75) is 20.0 Å². The number of fused-ring (bicyclic) bond motifs is 1. The second-order valence-corrected chi connectivity index (χ2v) is 9.61. The number of nitrogens with one attached hydrogen (secondary N) is 1. The van der Waals surface area contributed by atoms with Crippen LogP contribution in [0.3, 0.4) is 0 Å². The van der Waals surface area contributed by atoms with Crippen molar-refractivity contribution in [1.29, 1.82) is 0 Å². The summed E-state index contributed by atoms with van der Waals surface area (Å²) in [6.07, 6.45) is -1.12. The second kappa shape index (κ2) is 8.19. The minimum atomic E-state index is -3.63. The highest BCUT2D eigenvalue weighted by Gasteiger charge is 2.36. The third-order valence-electron chi connectivity index (χ3n) is 5.53. The number of aromatic nitrogens is 2. The van der Waals surface area contributed by atoms with Crippen LogP contribution in [0.1, 0.15) is 12.6 Å². The Bertz CT molecular complexity index is 1330. The Kier molecular flexibility index (Phi) is 5.55. The molecule has 1 aliphatic rings. The SMILES string of the molecule is CCS(=O)(=O)N1CC(C(=O)Nc2c(C)n(C)n(-c3ccccc3)c2=O)Oc2ccccc21. The first-order valence-electron chi connectivity index (χ1n) is 10.2. The van der Waals surface area contributed by atoms with Gasteiger partial charge in [0.2, 0.25) is 10.0 Å². The van der Waals surface area contributed by atoms with Gasteiger partial charge in [-0.25, -0.2) is 13.1 Å². The molecular formula is C22H24N4O5S. The maximum atomic E-state index is 13.1. The van der Waals surface area contributed by atoms with Gasteiger partial charge in [-0.1, -0.05) is 30.3 Å². The van der Waals surface area contributed by atoms with Crippen molar-refractivity contribution in [2.24, 2.45) is 7.05 Å². The highest BCUT2D eigenvalue weighted by Crippen LogP contribution is 2.35. The van der Waals surface area contributed by atoms with Gasteiger partial charge in [-0.15, -0.1) is 0 Å². The Morgan fingerprint density at radius 1 is 1.12 bits per heavy atom. The van der Waals surface area contributed by atoms with E-state index in [0.717, 1.165) is 0 Å². The minimum absolute atomic E-state index is 0.116. The molecule has 0 saturated carbocycles. The Morgan fingerprint density at radius 2 is 1.78 bits per heavy atom. The fourth-order valence-electron chi connectivity index (χ4n) is 3.67. The maximum Gasteiger partial charge on any atom is 0.295 e. The van der Waals surface area contributed by atoms with E-state index < -0.39 is 27.6 Å². The number of carbonyl (C=O) groups excluding carboxylic acids is 1. The highest BCUT2D eigenvalue weighted by molar-refractivity contribution is 7.92. The van der Waals surface area contributed by atoms with Crippen LogP contribution in [0.2, 0.25) is 0 Å². The molecule has 168 valence electrons. The lowest BCUT2D eigenvalue weighted by Gasteiger charge is -2.34. The van der Waals surface area contributed by atoms with E-state index in [4.69, 9.17) is 4.74 Å². The van der Waals surface area contributed by atoms with Crippen LogP contribution in [0.4, 0.5) is 11.4 Å². The molecule has 0 aliphatic carbocycles. The molecular weight excluding hydrogens is 432 g/mol. The van der Waals surface area contributed by atoms with Crippen molar-refractivity contribution in [3.63, 3.8) is 0 Å². The van der Waals surface area contributed by atoms with Crippen LogP contribution in [-0.4, -0.2) is 42.1 Å². The molecule has 2 aromatic carbocycles. The van der Waals surface area contributed by atoms with Crippen LogP contribution in [0.15, 0.2) is 59.4 Å². The average Bonchev–Trinajstić information content (AvgIpc) is 3.01. The summed E-state index contributed by atoms with van der Waals surface area (Å²) in [5, 5.41) is 2.66. The number of benzene rings is 2. The summed E-state index contributed by atoms with van der Waals surface area (Å²) >= 11 is 0. The van der Waals surface area contributed by atoms with E-state index in [1.165, 1.54) is 8.99 Å². The summed E-state index contributed by atoms with van der Waals surface area (Å²) in [5.41, 5.74) is 1.33. The molecule has 1 atom stereocenters. The highest BCUT2D eigenvalue weighted by atomic mass is 32.2. The average molecular weight is 457 g/mol. The van der Waals surface area contributed by atoms with Gasteiger partial charge in [0.15, 0.2) is 6.10 Å². The lowest BCUT2D eigenvalue weighted by molar-refractivity contribution is -0.122. The van der Waals surface area contributed by atoms with E-state index in [2.05, 4.69) is 5.32 Å². The van der Waals surface area contributed by atoms with E-state index in [1.54, 1.807) is 62.0 Å². The molecule has 0 radical (unpaired) electrons. The molecule has 32 heavy (non-hydrogen) atoms. The molecule has 4 rings (SSSR count). The first-order valence-corrected chi connectivity index (χ1v) is 11.8. The number of para-hydroxylation sites is 3. The topological polar surface area (TPSA) is 103 Å². The van der Waals surface area contributed by atoms with Crippen LogP contribution in [0, 0.1) is 6.92 Å². The minimum Gasteiger partial charge on any atom is -0.476 e. The van der Waals surface area contributed by atoms with Crippen LogP contribution in [-0.2, 0) is 21.9 Å². The number of hydrogen-bond acceptors (Lipinski definition) is 5. The molecule has 1 amide bonds. The number of anilines is 2. The molecule has 0 saturated heterocycles. The first-order chi connectivity index (χ1) is 15.2. The molecule has 1 unspecified atom stereocenters. The standard InChI is InChI=1S/C22H24N4O5S/c1-4-32(29,30)25-14-19(31-18-13-9-8-12-17(18)25)21(27)23-20-15(2)24(3)26(22(20)28)16-10-6-5-7-11-16/h5-13,19H,4,14H2,1-3H3,(H,23,27). The number of hydrogen-bond donors (Lipinski definition) is 1. The zero-order valence-corrected chi connectivity index (χ0v) is 18.8. The summed E-state index contributed by atoms with van der Waals surface area (Å²) in [6, 6.07) is 15.7. The van der Waals surface area contributed by atoms with Gasteiger partial charge in [0.1, 0.15) is 11.4 Å². The molecule has 0 bridgehead atoms. The fraction of sp³-hybridized carbons (Fsp3) is 0.273. The predicted octanol–water partition coefficient (Wildman–Crippen LogP) is 2.04. The molecule has 1 aromatic heterocycles. The van der Waals surface area contributed by atoms with E-state index in [0.29, 0.717) is 22.8 Å². The number of amides is 1. The van der Waals surface area contributed by atoms with Gasteiger partial charge in [0.05, 0.1) is 29.4 Å². The summed E-state index contributed by atoms with van der Waals surface area (Å²) in [5.74, 6) is -0.417. The van der Waals surface area contributed by atoms with Crippen LogP contribution < -0.4 is 19.9 Å². The predicted molar refractivity (Wildman–Crippen MR) is 122 cm³/mol. The Labute approximate surface area is 185 Å². The zero-order chi connectivity index (χ0) is 23.0. The van der Waals surface area contributed by atoms with E-state index in [1.807, 2.05) is 18.2 Å². The molecule has 0 fully saturated rings. The fourth-order valence-corrected chi connectivity index (χ4v) is 4.80. The number of rotatable bonds is 5. The quantitative estimate of drug-likeness (QED) is 0.633.